The van der Waals surface area contributed by atoms with E-state index < -0.39 is 178 Å². The van der Waals surface area contributed by atoms with Crippen LogP contribution in [0, 0.1) is 31.6 Å². The Bertz CT molecular complexity index is 6730. The summed E-state index contributed by atoms with van der Waals surface area (Å²) in [5, 5.41) is 12.6. The smallest absolute Gasteiger partial charge is 0.237 e. The highest BCUT2D eigenvalue weighted by Gasteiger charge is 2.35. The van der Waals surface area contributed by atoms with Gasteiger partial charge in [0.2, 0.25) is 5.69 Å². The summed E-state index contributed by atoms with van der Waals surface area (Å²) in [5.74, 6) is 0. The largest absolute Gasteiger partial charge is 0.317 e. The first-order chi connectivity index (χ1) is 48.4. The van der Waals surface area contributed by atoms with Crippen LogP contribution in [-0.2, 0) is 0 Å². The lowest BCUT2D eigenvalue weighted by Crippen LogP contribution is -2.14. The molecule has 0 aliphatic rings. The Balaban J connectivity index is 1.28. The Hall–Kier alpha value is -9.96. The van der Waals surface area contributed by atoms with Gasteiger partial charge in [0.05, 0.1) is 113 Å². The Labute approximate surface area is 487 Å². The monoisotopic (exact) mass is 1050 g/mol. The van der Waals surface area contributed by atoms with Gasteiger partial charge in [-0.3, -0.25) is 0 Å². The first kappa shape index (κ1) is 26.2. The van der Waals surface area contributed by atoms with E-state index in [1.807, 2.05) is 0 Å². The van der Waals surface area contributed by atoms with Crippen LogP contribution in [0.2, 0.25) is 0 Å². The molecule has 0 N–H and O–H groups in total. The fourth-order valence-corrected chi connectivity index (χ4v) is 14.1. The van der Waals surface area contributed by atoms with Gasteiger partial charge in [-0.05, 0) is 74.2 Å². The molecular weight excluding hydrogens is 989 g/mol. The number of fused-ring (bicyclic) bond motifs is 20. The molecule has 6 nitrogen and oxygen atoms in total. The molecule has 78 heavy (non-hydrogen) atoms. The molecule has 6 heterocycles. The van der Waals surface area contributed by atoms with E-state index in [0.717, 1.165) is 11.3 Å². The highest BCUT2D eigenvalue weighted by molar-refractivity contribution is 7.27. The van der Waals surface area contributed by atoms with Gasteiger partial charge in [-0.15, -0.1) is 22.7 Å². The van der Waals surface area contributed by atoms with E-state index in [0.29, 0.717) is 54.9 Å². The minimum absolute atomic E-state index is 0.0916. The summed E-state index contributed by atoms with van der Waals surface area (Å²) in [6.07, 6.45) is 0. The van der Waals surface area contributed by atoms with Gasteiger partial charge < -0.3 is 18.3 Å². The van der Waals surface area contributed by atoms with Crippen molar-refractivity contribution in [2.75, 3.05) is 0 Å². The highest BCUT2D eigenvalue weighted by Crippen LogP contribution is 2.54. The van der Waals surface area contributed by atoms with Crippen LogP contribution in [0.3, 0.4) is 0 Å². The molecule has 0 spiro atoms. The third kappa shape index (κ3) is 5.57. The second-order valence-electron chi connectivity index (χ2n) is 18.7. The Morgan fingerprint density at radius 1 is 0.423 bits per heavy atom. The van der Waals surface area contributed by atoms with Crippen LogP contribution in [0.5, 0.6) is 0 Å². The van der Waals surface area contributed by atoms with E-state index >= 15 is 0 Å². The standard InChI is InChI=1S/C70H40N6S2/c1-39-28-34-58-51(36-39)47-30-32-49-45-20-8-14-26-60(45)77-69(49)65(47)75(58)63-53(38-71)64(73-54-22-10-4-16-41(54)42-17-5-11-23-55(42)73)68(67(62(63)72-3)74-56-24-12-6-18-43(56)44-19-7-13-25-57(44)74)76-59-35-29-40(2)37-52(59)48-31-33-50-46-21-9-15-27-61(46)78-70(50)66(48)76/h4-37H,1-2H3/i1D3,2D3,8D,9D,14D,15D,20D,21D,26D,27D,28D,29D,30D,31D,32D,33D,34D,35D,36D,37D. The van der Waals surface area contributed by atoms with Gasteiger partial charge in [0.1, 0.15) is 6.07 Å². The second kappa shape index (κ2) is 15.8. The number of aromatic nitrogens is 4. The van der Waals surface area contributed by atoms with Crippen LogP contribution < -0.4 is 0 Å². The molecule has 362 valence electrons. The third-order valence-corrected chi connectivity index (χ3v) is 17.0. The van der Waals surface area contributed by atoms with E-state index in [4.69, 9.17) is 13.7 Å². The predicted octanol–water partition coefficient (Wildman–Crippen LogP) is 19.9. The minimum atomic E-state index is -3.30. The number of hydrogen-bond acceptors (Lipinski definition) is 3. The summed E-state index contributed by atoms with van der Waals surface area (Å²) in [4.78, 5) is 4.47. The van der Waals surface area contributed by atoms with Gasteiger partial charge in [-0.25, -0.2) is 4.85 Å². The molecule has 11 aromatic carbocycles. The zero-order valence-electron chi connectivity index (χ0n) is 63.7. The van der Waals surface area contributed by atoms with Crippen molar-refractivity contribution < 1.29 is 32.9 Å². The Kier molecular flexibility index (Phi) is 5.31. The lowest BCUT2D eigenvalue weighted by atomic mass is 10.0. The van der Waals surface area contributed by atoms with E-state index in [1.54, 1.807) is 106 Å². The van der Waals surface area contributed by atoms with Crippen LogP contribution in [-0.4, -0.2) is 18.3 Å². The molecule has 0 amide bonds. The minimum Gasteiger partial charge on any atom is -0.317 e. The van der Waals surface area contributed by atoms with Gasteiger partial charge in [-0.2, -0.15) is 5.26 Å². The molecule has 0 saturated heterocycles. The van der Waals surface area contributed by atoms with Crippen LogP contribution in [0.25, 0.3) is 155 Å². The number of nitrogens with zero attached hydrogens (tertiary/aromatic N) is 6. The summed E-state index contributed by atoms with van der Waals surface area (Å²) >= 11 is 1.46. The fraction of sp³-hybridized carbons (Fsp3) is 0.0286. The summed E-state index contributed by atoms with van der Waals surface area (Å²) in [5.41, 5.74) is -4.72. The van der Waals surface area contributed by atoms with Crippen molar-refractivity contribution in [3.05, 3.63) is 234 Å². The van der Waals surface area contributed by atoms with E-state index in [-0.39, 0.29) is 73.8 Å². The molecule has 0 atom stereocenters. The number of para-hydroxylation sites is 4. The third-order valence-electron chi connectivity index (χ3n) is 14.8. The lowest BCUT2D eigenvalue weighted by Gasteiger charge is -2.27. The summed E-state index contributed by atoms with van der Waals surface area (Å²) < 4.78 is 232. The molecule has 0 saturated carbocycles. The summed E-state index contributed by atoms with van der Waals surface area (Å²) in [7, 11) is 0. The molecular formula is C70H40N6S2. The lowest BCUT2D eigenvalue weighted by molar-refractivity contribution is 1.04. The van der Waals surface area contributed by atoms with Crippen molar-refractivity contribution in [3.8, 4) is 28.8 Å². The molecule has 17 aromatic rings. The molecule has 6 aromatic heterocycles. The maximum absolute atomic E-state index is 13.1. The van der Waals surface area contributed by atoms with Crippen LogP contribution in [0.4, 0.5) is 5.69 Å². The van der Waals surface area contributed by atoms with E-state index in [1.165, 1.54) is 9.13 Å². The van der Waals surface area contributed by atoms with Gasteiger partial charge in [-0.1, -0.05) is 156 Å². The highest BCUT2D eigenvalue weighted by atomic mass is 32.1. The van der Waals surface area contributed by atoms with Crippen molar-refractivity contribution in [3.63, 3.8) is 0 Å². The van der Waals surface area contributed by atoms with Crippen LogP contribution in [0.15, 0.2) is 206 Å². The van der Waals surface area contributed by atoms with Gasteiger partial charge in [0.15, 0.2) is 0 Å². The van der Waals surface area contributed by atoms with Crippen molar-refractivity contribution >= 4 is 156 Å². The van der Waals surface area contributed by atoms with Crippen LogP contribution in [0.1, 0.15) is 49.6 Å². The van der Waals surface area contributed by atoms with Crippen LogP contribution >= 0.6 is 22.7 Å². The zero-order valence-corrected chi connectivity index (χ0v) is 41.4. The number of nitriles is 1. The van der Waals surface area contributed by atoms with Crippen molar-refractivity contribution in [2.24, 2.45) is 0 Å². The van der Waals surface area contributed by atoms with E-state index in [9.17, 15) is 31.0 Å². The van der Waals surface area contributed by atoms with Gasteiger partial charge >= 0.3 is 0 Å². The SMILES string of the molecule is [2H]c1c([2H])c([2H])c2c(sc3c2c([2H])c([2H])c2c4c([2H])c(C([2H])([2H])[2H])c([2H])c([2H])c4n(-c4c(C#N)c(-n5c6ccccc6c6ccccc65)c(-n5c6c([2H])c([2H])c(C([2H])([2H])[2H])c([2H])c6c6c([2H])c([2H])c7c(sc8c([2H])c([2H])c([2H])c([2H])c87)c65)c(-n5c6ccccc6c6ccccc65)c4[N+]#[C-])c32)c1[2H]. The molecule has 17 rings (SSSR count). The number of thiophene rings is 2. The Morgan fingerprint density at radius 3 is 1.29 bits per heavy atom. The van der Waals surface area contributed by atoms with Crippen molar-refractivity contribution in [1.82, 2.24) is 18.3 Å². The maximum Gasteiger partial charge on any atom is 0.237 e. The quantitative estimate of drug-likeness (QED) is 0.162. The number of benzene rings is 11. The molecule has 0 radical (unpaired) electrons. The average molecular weight is 1050 g/mol. The van der Waals surface area contributed by atoms with E-state index in [2.05, 4.69) is 10.9 Å². The molecule has 0 aliphatic carbocycles. The Morgan fingerprint density at radius 2 is 0.846 bits per heavy atom. The van der Waals surface area contributed by atoms with Gasteiger partial charge in [0, 0.05) is 82.3 Å². The van der Waals surface area contributed by atoms with Gasteiger partial charge in [0.25, 0.3) is 0 Å². The molecule has 8 heteroatoms. The fourth-order valence-electron chi connectivity index (χ4n) is 11.8. The summed E-state index contributed by atoms with van der Waals surface area (Å²) in [6, 6.07) is 16.9. The molecule has 0 fully saturated rings. The normalized spacial score (nSPS) is 16.9. The summed E-state index contributed by atoms with van der Waals surface area (Å²) in [6.45, 7) is 3.46. The predicted molar refractivity (Wildman–Crippen MR) is 330 cm³/mol. The molecule has 0 bridgehead atoms. The topological polar surface area (TPSA) is 47.9 Å². The first-order valence-electron chi connectivity index (χ1n) is 36.2. The number of hydrogen-bond donors (Lipinski definition) is 0. The zero-order chi connectivity index (χ0) is 72.3. The maximum atomic E-state index is 13.1. The van der Waals surface area contributed by atoms with Crippen molar-refractivity contribution in [1.29, 1.82) is 5.26 Å². The average Bonchev–Trinajstić information content (AvgIpc) is 1.50. The van der Waals surface area contributed by atoms with Crippen molar-refractivity contribution in [2.45, 2.75) is 13.7 Å². The molecule has 0 unspecified atom stereocenters. The number of rotatable bonds is 4. The molecule has 0 aliphatic heterocycles. The second-order valence-corrected chi connectivity index (χ2v) is 20.7. The first-order valence-corrected chi connectivity index (χ1v) is 25.9.